The number of benzene rings is 3. The summed E-state index contributed by atoms with van der Waals surface area (Å²) in [6.07, 6.45) is -0.800. The van der Waals surface area contributed by atoms with Gasteiger partial charge >= 0.3 is 5.97 Å². The number of hydrogen-bond donors (Lipinski definition) is 2. The van der Waals surface area contributed by atoms with Crippen LogP contribution in [0.25, 0.3) is 0 Å². The van der Waals surface area contributed by atoms with Gasteiger partial charge in [0.25, 0.3) is 5.91 Å². The SMILES string of the molecule is CO[C@]1(c2ccc(Cl)cc2)c2c(F)cc([C@](C)(O)C3(F)CCOCC3)cc2C(=O)N1[C@H](CC(=O)O)c1ccc(Cl)cc1. The summed E-state index contributed by atoms with van der Waals surface area (Å²) >= 11 is 12.2. The molecule has 0 radical (unpaired) electrons. The van der Waals surface area contributed by atoms with Crippen molar-refractivity contribution in [3.63, 3.8) is 0 Å². The summed E-state index contributed by atoms with van der Waals surface area (Å²) in [4.78, 5) is 27.7. The molecule has 2 heterocycles. The average molecular weight is 620 g/mol. The topological polar surface area (TPSA) is 96.3 Å². The highest BCUT2D eigenvalue weighted by Gasteiger charge is 2.58. The number of halogens is 4. The van der Waals surface area contributed by atoms with Gasteiger partial charge in [0.1, 0.15) is 17.1 Å². The number of carbonyl (C=O) groups excluding carboxylic acids is 1. The Morgan fingerprint density at radius 1 is 1.10 bits per heavy atom. The zero-order chi connectivity index (χ0) is 30.4. The van der Waals surface area contributed by atoms with Crippen LogP contribution in [0.3, 0.4) is 0 Å². The maximum Gasteiger partial charge on any atom is 0.305 e. The minimum Gasteiger partial charge on any atom is -0.481 e. The normalized spacial score (nSPS) is 22.0. The molecular weight excluding hydrogens is 591 g/mol. The summed E-state index contributed by atoms with van der Waals surface area (Å²) in [6, 6.07) is 13.6. The third-order valence-electron chi connectivity index (χ3n) is 8.40. The van der Waals surface area contributed by atoms with Crippen molar-refractivity contribution in [1.82, 2.24) is 4.90 Å². The fraction of sp³-hybridized carbons (Fsp3) is 0.355. The van der Waals surface area contributed by atoms with E-state index in [1.807, 2.05) is 0 Å². The van der Waals surface area contributed by atoms with E-state index >= 15 is 8.78 Å². The molecule has 222 valence electrons. The van der Waals surface area contributed by atoms with Gasteiger partial charge in [-0.1, -0.05) is 47.5 Å². The van der Waals surface area contributed by atoms with Gasteiger partial charge in [-0.2, -0.15) is 0 Å². The smallest absolute Gasteiger partial charge is 0.305 e. The second kappa shape index (κ2) is 11.2. The number of hydrogen-bond acceptors (Lipinski definition) is 5. The molecule has 0 bridgehead atoms. The first kappa shape index (κ1) is 30.4. The van der Waals surface area contributed by atoms with E-state index in [-0.39, 0.29) is 42.7 Å². The van der Waals surface area contributed by atoms with Crippen molar-refractivity contribution in [3.05, 3.63) is 104 Å². The summed E-state index contributed by atoms with van der Waals surface area (Å²) in [7, 11) is 1.28. The van der Waals surface area contributed by atoms with Crippen molar-refractivity contribution in [3.8, 4) is 0 Å². The Labute approximate surface area is 251 Å². The molecule has 3 atom stereocenters. The van der Waals surface area contributed by atoms with Gasteiger partial charge in [0.05, 0.1) is 23.6 Å². The first-order valence-electron chi connectivity index (χ1n) is 13.3. The maximum absolute atomic E-state index is 16.5. The van der Waals surface area contributed by atoms with E-state index in [0.29, 0.717) is 21.2 Å². The molecule has 1 saturated heterocycles. The second-order valence-corrected chi connectivity index (χ2v) is 11.6. The molecule has 7 nitrogen and oxygen atoms in total. The van der Waals surface area contributed by atoms with Crippen LogP contribution in [0.5, 0.6) is 0 Å². The highest BCUT2D eigenvalue weighted by atomic mass is 35.5. The third kappa shape index (κ3) is 4.87. The fourth-order valence-corrected chi connectivity index (χ4v) is 6.33. The summed E-state index contributed by atoms with van der Waals surface area (Å²) in [5, 5.41) is 22.2. The maximum atomic E-state index is 16.5. The van der Waals surface area contributed by atoms with E-state index in [2.05, 4.69) is 0 Å². The molecule has 2 aliphatic rings. The number of aliphatic carboxylic acids is 1. The zero-order valence-electron chi connectivity index (χ0n) is 22.9. The number of ether oxygens (including phenoxy) is 2. The molecule has 2 N–H and O–H groups in total. The number of fused-ring (bicyclic) bond motifs is 1. The van der Waals surface area contributed by atoms with Crippen LogP contribution in [0, 0.1) is 5.82 Å². The first-order valence-corrected chi connectivity index (χ1v) is 14.1. The lowest BCUT2D eigenvalue weighted by molar-refractivity contribution is -0.143. The molecule has 1 fully saturated rings. The van der Waals surface area contributed by atoms with Gasteiger partial charge in [-0.3, -0.25) is 14.5 Å². The van der Waals surface area contributed by atoms with Crippen LogP contribution in [0.15, 0.2) is 60.7 Å². The van der Waals surface area contributed by atoms with Crippen molar-refractivity contribution in [2.75, 3.05) is 20.3 Å². The molecule has 11 heteroatoms. The predicted octanol–water partition coefficient (Wildman–Crippen LogP) is 6.38. The number of carboxylic acid groups (broad SMARTS) is 1. The van der Waals surface area contributed by atoms with Crippen LogP contribution < -0.4 is 0 Å². The van der Waals surface area contributed by atoms with Crippen molar-refractivity contribution < 1.29 is 38.1 Å². The Hall–Kier alpha value is -3.08. The molecule has 0 spiro atoms. The van der Waals surface area contributed by atoms with Gasteiger partial charge in [0, 0.05) is 48.8 Å². The average Bonchev–Trinajstić information content (AvgIpc) is 3.21. The number of amides is 1. The van der Waals surface area contributed by atoms with Gasteiger partial charge in [-0.05, 0) is 54.4 Å². The number of rotatable bonds is 8. The quantitative estimate of drug-likeness (QED) is 0.304. The Morgan fingerprint density at radius 2 is 1.67 bits per heavy atom. The zero-order valence-corrected chi connectivity index (χ0v) is 24.4. The van der Waals surface area contributed by atoms with Crippen molar-refractivity contribution in [2.24, 2.45) is 0 Å². The Balaban J connectivity index is 1.77. The van der Waals surface area contributed by atoms with Crippen LogP contribution in [0.2, 0.25) is 10.0 Å². The number of methoxy groups -OCH3 is 1. The Kier molecular flexibility index (Phi) is 8.10. The predicted molar refractivity (Wildman–Crippen MR) is 152 cm³/mol. The summed E-state index contributed by atoms with van der Waals surface area (Å²) in [5.74, 6) is -2.92. The molecule has 3 aromatic carbocycles. The standard InChI is InChI=1S/C31H29Cl2F2NO6/c1-29(40,30(35)11-13-42-14-12-30)20-15-23-27(24(34)16-20)31(41-2,19-5-9-22(33)10-6-19)36(28(23)39)25(17-26(37)38)18-3-7-21(32)8-4-18/h3-10,15-16,25,40H,11-14,17H2,1-2H3,(H,37,38)/t25-,29+,31-/m1/s1. The van der Waals surface area contributed by atoms with E-state index in [0.717, 1.165) is 6.07 Å². The van der Waals surface area contributed by atoms with E-state index < -0.39 is 47.2 Å². The summed E-state index contributed by atoms with van der Waals surface area (Å²) in [5.41, 5.74) is -6.07. The fourth-order valence-electron chi connectivity index (χ4n) is 6.08. The minimum absolute atomic E-state index is 0.0775. The van der Waals surface area contributed by atoms with E-state index in [1.165, 1.54) is 25.0 Å². The van der Waals surface area contributed by atoms with Gasteiger partial charge in [0.15, 0.2) is 5.72 Å². The summed E-state index contributed by atoms with van der Waals surface area (Å²) in [6.45, 7) is 1.41. The van der Waals surface area contributed by atoms with E-state index in [4.69, 9.17) is 32.7 Å². The lowest BCUT2D eigenvalue weighted by Gasteiger charge is -2.43. The third-order valence-corrected chi connectivity index (χ3v) is 8.91. The summed E-state index contributed by atoms with van der Waals surface area (Å²) < 4.78 is 43.8. The van der Waals surface area contributed by atoms with Crippen LogP contribution in [0.4, 0.5) is 8.78 Å². The molecule has 0 unspecified atom stereocenters. The number of nitrogens with zero attached hydrogens (tertiary/aromatic N) is 1. The highest BCUT2D eigenvalue weighted by molar-refractivity contribution is 6.30. The largest absolute Gasteiger partial charge is 0.481 e. The van der Waals surface area contributed by atoms with Crippen LogP contribution in [-0.4, -0.2) is 53.0 Å². The second-order valence-electron chi connectivity index (χ2n) is 10.7. The Morgan fingerprint density at radius 3 is 2.21 bits per heavy atom. The van der Waals surface area contributed by atoms with Gasteiger partial charge < -0.3 is 19.7 Å². The van der Waals surface area contributed by atoms with Crippen LogP contribution >= 0.6 is 23.2 Å². The molecule has 42 heavy (non-hydrogen) atoms. The Bertz CT molecular complexity index is 1510. The van der Waals surface area contributed by atoms with Crippen molar-refractivity contribution in [1.29, 1.82) is 0 Å². The number of alkyl halides is 1. The number of carbonyl (C=O) groups is 2. The van der Waals surface area contributed by atoms with Crippen LogP contribution in [-0.2, 0) is 25.6 Å². The molecule has 3 aromatic rings. The lowest BCUT2D eigenvalue weighted by Crippen LogP contribution is -2.50. The number of carboxylic acids is 1. The molecule has 0 aliphatic carbocycles. The molecule has 0 saturated carbocycles. The van der Waals surface area contributed by atoms with Crippen LogP contribution in [0.1, 0.15) is 64.8 Å². The highest BCUT2D eigenvalue weighted by Crippen LogP contribution is 2.53. The van der Waals surface area contributed by atoms with E-state index in [9.17, 15) is 19.8 Å². The van der Waals surface area contributed by atoms with Gasteiger partial charge in [-0.15, -0.1) is 0 Å². The van der Waals surface area contributed by atoms with Crippen molar-refractivity contribution in [2.45, 2.75) is 49.2 Å². The monoisotopic (exact) mass is 619 g/mol. The van der Waals surface area contributed by atoms with Gasteiger partial charge in [-0.25, -0.2) is 8.78 Å². The minimum atomic E-state index is -2.17. The van der Waals surface area contributed by atoms with Gasteiger partial charge in [0.2, 0.25) is 0 Å². The first-order chi connectivity index (χ1) is 19.9. The molecule has 0 aromatic heterocycles. The number of aliphatic hydroxyl groups is 1. The lowest BCUT2D eigenvalue weighted by atomic mass is 9.75. The molecular formula is C31H29Cl2F2NO6. The van der Waals surface area contributed by atoms with E-state index in [1.54, 1.807) is 48.5 Å². The molecule has 1 amide bonds. The molecule has 2 aliphatic heterocycles. The molecule has 5 rings (SSSR count). The van der Waals surface area contributed by atoms with Crippen molar-refractivity contribution >= 4 is 35.1 Å².